The Morgan fingerprint density at radius 2 is 1.55 bits per heavy atom. The minimum absolute atomic E-state index is 0.0302. The third-order valence-electron chi connectivity index (χ3n) is 11.4. The molecule has 17 heteroatoms. The first kappa shape index (κ1) is 45.9. The Balaban J connectivity index is 0.893. The molecule has 3 aliphatic rings. The van der Waals surface area contributed by atoms with Crippen molar-refractivity contribution in [1.82, 2.24) is 20.0 Å². The Labute approximate surface area is 362 Å². The van der Waals surface area contributed by atoms with Crippen molar-refractivity contribution < 1.29 is 46.7 Å². The molecule has 2 atom stereocenters. The fourth-order valence-corrected chi connectivity index (χ4v) is 9.13. The Bertz CT molecular complexity index is 2260. The van der Waals surface area contributed by atoms with E-state index in [4.69, 9.17) is 9.47 Å². The van der Waals surface area contributed by atoms with Crippen LogP contribution in [0.4, 0.5) is 11.4 Å². The van der Waals surface area contributed by atoms with E-state index in [2.05, 4.69) is 25.8 Å². The smallest absolute Gasteiger partial charge is 0.264 e. The number of methoxy groups -OCH3 is 1. The zero-order valence-electron chi connectivity index (χ0n) is 35.6. The molecule has 6 amide bonds. The van der Waals surface area contributed by atoms with Crippen molar-refractivity contribution in [3.8, 4) is 11.5 Å². The predicted octanol–water partition coefficient (Wildman–Crippen LogP) is 4.53. The largest absolute Gasteiger partial charge is 0.493 e. The number of hydrogen-bond acceptors (Lipinski definition) is 12. The lowest BCUT2D eigenvalue weighted by atomic mass is 9.90. The number of piperidine rings is 1. The highest BCUT2D eigenvalue weighted by Gasteiger charge is 2.43. The van der Waals surface area contributed by atoms with Gasteiger partial charge in [0.2, 0.25) is 23.6 Å². The molecule has 0 spiro atoms. The minimum atomic E-state index is -3.67. The average molecular weight is 873 g/mol. The number of carbonyl (C=O) groups is 6. The molecule has 3 N–H and O–H groups in total. The number of nitrogens with one attached hydrogen (secondary N) is 3. The van der Waals surface area contributed by atoms with E-state index in [1.54, 1.807) is 49.4 Å². The summed E-state index contributed by atoms with van der Waals surface area (Å²) in [6, 6.07) is 15.5. The first-order chi connectivity index (χ1) is 29.7. The lowest BCUT2D eigenvalue weighted by Gasteiger charge is -2.34. The fraction of sp³-hybridized carbons (Fsp3) is 0.467. The quantitative estimate of drug-likeness (QED) is 0.106. The van der Waals surface area contributed by atoms with Gasteiger partial charge in [-0.25, -0.2) is 8.42 Å². The summed E-state index contributed by atoms with van der Waals surface area (Å²) in [6.07, 6.45) is 6.58. The van der Waals surface area contributed by atoms with Crippen LogP contribution in [-0.2, 0) is 29.0 Å². The summed E-state index contributed by atoms with van der Waals surface area (Å²) < 4.78 is 36.3. The number of rotatable bonds is 20. The van der Waals surface area contributed by atoms with E-state index in [0.29, 0.717) is 55.2 Å². The standard InChI is InChI=1S/C45H56N6O10S/c1-4-61-38-27-31(16-20-37(38)60-2)36(29-62(3,58)59)51-44(56)34-11-10-12-35(42(34)45(51)57)47-39(52)13-8-6-5-7-9-22-49-23-25-50(26-24-49)28-41(54)46-32-17-14-30(15-18-32)33-19-21-40(53)48-43(33)55/h10-12,14-18,20,27,33,36H,4-9,13,19,21-26,28-29H2,1-3H3,(H,46,54)(H,47,52)(H,48,53,55)/t33?,36-/m1/s1. The van der Waals surface area contributed by atoms with E-state index >= 15 is 0 Å². The molecule has 3 heterocycles. The molecule has 16 nitrogen and oxygen atoms in total. The molecule has 3 aliphatic heterocycles. The van der Waals surface area contributed by atoms with Crippen molar-refractivity contribution >= 4 is 56.7 Å². The first-order valence-electron chi connectivity index (χ1n) is 21.2. The molecule has 2 saturated heterocycles. The van der Waals surface area contributed by atoms with E-state index in [0.717, 1.165) is 75.1 Å². The maximum atomic E-state index is 14.0. The third-order valence-corrected chi connectivity index (χ3v) is 12.3. The van der Waals surface area contributed by atoms with Crippen molar-refractivity contribution in [2.24, 2.45) is 0 Å². The molecule has 62 heavy (non-hydrogen) atoms. The molecule has 0 bridgehead atoms. The highest BCUT2D eigenvalue weighted by molar-refractivity contribution is 7.90. The van der Waals surface area contributed by atoms with Crippen LogP contribution in [0.3, 0.4) is 0 Å². The average Bonchev–Trinajstić information content (AvgIpc) is 3.49. The number of carbonyl (C=O) groups excluding carboxylic acids is 6. The van der Waals surface area contributed by atoms with Gasteiger partial charge < -0.3 is 25.0 Å². The number of amides is 6. The number of anilines is 2. The Hall–Kier alpha value is -5.65. The Morgan fingerprint density at radius 3 is 2.24 bits per heavy atom. The normalized spacial score (nSPS) is 17.7. The van der Waals surface area contributed by atoms with Crippen molar-refractivity contribution in [1.29, 1.82) is 0 Å². The van der Waals surface area contributed by atoms with Gasteiger partial charge in [0.15, 0.2) is 11.5 Å². The van der Waals surface area contributed by atoms with Gasteiger partial charge in [0.25, 0.3) is 11.8 Å². The molecular weight excluding hydrogens is 817 g/mol. The molecule has 332 valence electrons. The van der Waals surface area contributed by atoms with Gasteiger partial charge in [-0.05, 0) is 80.3 Å². The monoisotopic (exact) mass is 872 g/mol. The van der Waals surface area contributed by atoms with Crippen LogP contribution < -0.4 is 25.4 Å². The van der Waals surface area contributed by atoms with Crippen LogP contribution in [-0.4, -0.2) is 124 Å². The number of ether oxygens (including phenoxy) is 2. The van der Waals surface area contributed by atoms with Crippen LogP contribution in [0.1, 0.15) is 102 Å². The number of hydrogen-bond donors (Lipinski definition) is 3. The van der Waals surface area contributed by atoms with E-state index in [1.807, 2.05) is 12.1 Å². The molecule has 6 rings (SSSR count). The molecule has 1 unspecified atom stereocenters. The second-order valence-corrected chi connectivity index (χ2v) is 18.2. The third kappa shape index (κ3) is 11.8. The lowest BCUT2D eigenvalue weighted by molar-refractivity contribution is -0.134. The highest BCUT2D eigenvalue weighted by atomic mass is 32.2. The van der Waals surface area contributed by atoms with Crippen LogP contribution in [0.2, 0.25) is 0 Å². The predicted molar refractivity (Wildman–Crippen MR) is 233 cm³/mol. The summed E-state index contributed by atoms with van der Waals surface area (Å²) in [5, 5.41) is 8.14. The molecule has 0 aromatic heterocycles. The summed E-state index contributed by atoms with van der Waals surface area (Å²) in [7, 11) is -2.20. The second-order valence-electron chi connectivity index (χ2n) is 16.0. The van der Waals surface area contributed by atoms with Crippen LogP contribution in [0.5, 0.6) is 11.5 Å². The summed E-state index contributed by atoms with van der Waals surface area (Å²) in [4.78, 5) is 82.7. The first-order valence-corrected chi connectivity index (χ1v) is 23.3. The maximum absolute atomic E-state index is 14.0. The van der Waals surface area contributed by atoms with Gasteiger partial charge in [-0.3, -0.25) is 43.9 Å². The van der Waals surface area contributed by atoms with Gasteiger partial charge in [0.1, 0.15) is 9.84 Å². The topological polar surface area (TPSA) is 201 Å². The molecular formula is C45H56N6O10S. The summed E-state index contributed by atoms with van der Waals surface area (Å²) in [5.41, 5.74) is 2.18. The van der Waals surface area contributed by atoms with Gasteiger partial charge in [0, 0.05) is 51.0 Å². The number of fused-ring (bicyclic) bond motifs is 1. The summed E-state index contributed by atoms with van der Waals surface area (Å²) in [6.45, 7) is 6.68. The zero-order valence-corrected chi connectivity index (χ0v) is 36.4. The van der Waals surface area contributed by atoms with Crippen molar-refractivity contribution in [2.75, 3.05) is 75.6 Å². The number of imide groups is 2. The van der Waals surface area contributed by atoms with Gasteiger partial charge >= 0.3 is 0 Å². The number of unbranched alkanes of at least 4 members (excludes halogenated alkanes) is 4. The minimum Gasteiger partial charge on any atom is -0.493 e. The van der Waals surface area contributed by atoms with Crippen LogP contribution >= 0.6 is 0 Å². The fourth-order valence-electron chi connectivity index (χ4n) is 8.22. The summed E-state index contributed by atoms with van der Waals surface area (Å²) >= 11 is 0. The van der Waals surface area contributed by atoms with Gasteiger partial charge in [-0.1, -0.05) is 43.5 Å². The van der Waals surface area contributed by atoms with Crippen molar-refractivity contribution in [3.05, 3.63) is 82.9 Å². The SMILES string of the molecule is CCOc1cc([C@@H](CS(C)(=O)=O)N2C(=O)c3cccc(NC(=O)CCCCCCCN4CCN(CC(=O)Nc5ccc(C6CCC(=O)NC6=O)cc5)CC4)c3C2=O)ccc1OC. The Morgan fingerprint density at radius 1 is 0.839 bits per heavy atom. The Kier molecular flexibility index (Phi) is 15.5. The summed E-state index contributed by atoms with van der Waals surface area (Å²) in [5.74, 6) is -2.36. The van der Waals surface area contributed by atoms with E-state index in [9.17, 15) is 37.2 Å². The molecule has 3 aromatic rings. The number of sulfone groups is 1. The van der Waals surface area contributed by atoms with E-state index in [-0.39, 0.29) is 52.8 Å². The van der Waals surface area contributed by atoms with Crippen LogP contribution in [0, 0.1) is 0 Å². The van der Waals surface area contributed by atoms with Crippen molar-refractivity contribution in [2.45, 2.75) is 70.3 Å². The zero-order chi connectivity index (χ0) is 44.4. The number of nitrogens with zero attached hydrogens (tertiary/aromatic N) is 3. The number of benzene rings is 3. The highest BCUT2D eigenvalue weighted by Crippen LogP contribution is 2.39. The second kappa shape index (κ2) is 20.9. The van der Waals surface area contributed by atoms with Gasteiger partial charge in [0.05, 0.1) is 54.8 Å². The molecule has 3 aromatic carbocycles. The van der Waals surface area contributed by atoms with Gasteiger partial charge in [-0.2, -0.15) is 0 Å². The molecule has 2 fully saturated rings. The van der Waals surface area contributed by atoms with Crippen LogP contribution in [0.15, 0.2) is 60.7 Å². The lowest BCUT2D eigenvalue weighted by Crippen LogP contribution is -2.48. The van der Waals surface area contributed by atoms with Gasteiger partial charge in [-0.15, -0.1) is 0 Å². The van der Waals surface area contributed by atoms with Crippen LogP contribution in [0.25, 0.3) is 0 Å². The molecule has 0 saturated carbocycles. The van der Waals surface area contributed by atoms with E-state index in [1.165, 1.54) is 13.2 Å². The molecule has 0 aliphatic carbocycles. The van der Waals surface area contributed by atoms with Crippen molar-refractivity contribution in [3.63, 3.8) is 0 Å². The molecule has 0 radical (unpaired) electrons. The number of piperazine rings is 1. The maximum Gasteiger partial charge on any atom is 0.264 e. The van der Waals surface area contributed by atoms with E-state index < -0.39 is 33.4 Å².